The van der Waals surface area contributed by atoms with Crippen LogP contribution in [0.15, 0.2) is 12.1 Å². The van der Waals surface area contributed by atoms with Crippen molar-refractivity contribution < 1.29 is 9.90 Å². The number of pyridine rings is 1. The van der Waals surface area contributed by atoms with Crippen LogP contribution in [0.4, 0.5) is 5.82 Å². The van der Waals surface area contributed by atoms with E-state index in [1.165, 1.54) is 0 Å². The van der Waals surface area contributed by atoms with E-state index in [0.29, 0.717) is 17.9 Å². The Morgan fingerprint density at radius 3 is 3.05 bits per heavy atom. The van der Waals surface area contributed by atoms with Gasteiger partial charge in [-0.2, -0.15) is 0 Å². The summed E-state index contributed by atoms with van der Waals surface area (Å²) < 4.78 is 0. The standard InChI is InChI=1S/C14H21N3O2/c1-10-6-12(7-13(15-2)16-10)14(19)17-5-3-4-11(8-17)9-18/h6-7,11,18H,3-5,8-9H2,1-2H3,(H,15,16). The number of carbonyl (C=O) groups is 1. The second kappa shape index (κ2) is 6.02. The number of likely N-dealkylation sites (tertiary alicyclic amines) is 1. The second-order valence-corrected chi connectivity index (χ2v) is 5.07. The maximum absolute atomic E-state index is 12.5. The lowest BCUT2D eigenvalue weighted by atomic mass is 9.98. The summed E-state index contributed by atoms with van der Waals surface area (Å²) in [5.74, 6) is 0.948. The fourth-order valence-corrected chi connectivity index (χ4v) is 2.50. The van der Waals surface area contributed by atoms with E-state index in [4.69, 9.17) is 0 Å². The van der Waals surface area contributed by atoms with Gasteiger partial charge < -0.3 is 15.3 Å². The van der Waals surface area contributed by atoms with Crippen LogP contribution in [0, 0.1) is 12.8 Å². The van der Waals surface area contributed by atoms with Gasteiger partial charge in [0.25, 0.3) is 5.91 Å². The Labute approximate surface area is 113 Å². The molecule has 1 amide bonds. The molecule has 2 heterocycles. The topological polar surface area (TPSA) is 65.5 Å². The maximum atomic E-state index is 12.5. The van der Waals surface area contributed by atoms with E-state index in [2.05, 4.69) is 10.3 Å². The predicted molar refractivity (Wildman–Crippen MR) is 74.2 cm³/mol. The summed E-state index contributed by atoms with van der Waals surface area (Å²) in [6, 6.07) is 3.59. The molecule has 1 aromatic heterocycles. The number of amides is 1. The highest BCUT2D eigenvalue weighted by Gasteiger charge is 2.24. The monoisotopic (exact) mass is 263 g/mol. The number of rotatable bonds is 3. The molecule has 5 nitrogen and oxygen atoms in total. The van der Waals surface area contributed by atoms with Gasteiger partial charge >= 0.3 is 0 Å². The minimum Gasteiger partial charge on any atom is -0.396 e. The van der Waals surface area contributed by atoms with Crippen LogP contribution in [-0.2, 0) is 0 Å². The van der Waals surface area contributed by atoms with Gasteiger partial charge in [-0.05, 0) is 37.8 Å². The number of aliphatic hydroxyl groups is 1. The number of carbonyl (C=O) groups excluding carboxylic acids is 1. The molecule has 1 fully saturated rings. The highest BCUT2D eigenvalue weighted by molar-refractivity contribution is 5.95. The molecule has 5 heteroatoms. The van der Waals surface area contributed by atoms with Crippen LogP contribution in [0.25, 0.3) is 0 Å². The van der Waals surface area contributed by atoms with Gasteiger partial charge in [-0.25, -0.2) is 4.98 Å². The molecule has 0 aromatic carbocycles. The third kappa shape index (κ3) is 3.23. The van der Waals surface area contributed by atoms with Crippen molar-refractivity contribution in [2.75, 3.05) is 32.1 Å². The molecule has 1 aromatic rings. The van der Waals surface area contributed by atoms with Gasteiger partial charge in [-0.15, -0.1) is 0 Å². The predicted octanol–water partition coefficient (Wildman–Crippen LogP) is 1.28. The number of nitrogens with one attached hydrogen (secondary N) is 1. The van der Waals surface area contributed by atoms with Gasteiger partial charge in [0.05, 0.1) is 0 Å². The van der Waals surface area contributed by atoms with Crippen molar-refractivity contribution in [1.82, 2.24) is 9.88 Å². The summed E-state index contributed by atoms with van der Waals surface area (Å²) in [6.45, 7) is 3.45. The molecule has 0 bridgehead atoms. The molecule has 1 aliphatic rings. The summed E-state index contributed by atoms with van der Waals surface area (Å²) >= 11 is 0. The van der Waals surface area contributed by atoms with E-state index in [0.717, 1.165) is 25.1 Å². The van der Waals surface area contributed by atoms with E-state index in [1.54, 1.807) is 13.1 Å². The Bertz CT molecular complexity index is 462. The van der Waals surface area contributed by atoms with Crippen LogP contribution < -0.4 is 5.32 Å². The zero-order valence-corrected chi connectivity index (χ0v) is 11.5. The largest absolute Gasteiger partial charge is 0.396 e. The van der Waals surface area contributed by atoms with Gasteiger partial charge in [0.15, 0.2) is 0 Å². The number of piperidine rings is 1. The highest BCUT2D eigenvalue weighted by atomic mass is 16.3. The Morgan fingerprint density at radius 1 is 1.58 bits per heavy atom. The Hall–Kier alpha value is -1.62. The van der Waals surface area contributed by atoms with Gasteiger partial charge in [-0.1, -0.05) is 0 Å². The summed E-state index contributed by atoms with van der Waals surface area (Å²) in [4.78, 5) is 18.6. The SMILES string of the molecule is CNc1cc(C(=O)N2CCCC(CO)C2)cc(C)n1. The fourth-order valence-electron chi connectivity index (χ4n) is 2.50. The lowest BCUT2D eigenvalue weighted by molar-refractivity contribution is 0.0620. The minimum absolute atomic E-state index is 0.0279. The number of hydrogen-bond donors (Lipinski definition) is 2. The number of hydrogen-bond acceptors (Lipinski definition) is 4. The van der Waals surface area contributed by atoms with Crippen LogP contribution in [-0.4, -0.2) is 47.6 Å². The molecule has 1 unspecified atom stereocenters. The third-order valence-corrected chi connectivity index (χ3v) is 3.52. The fraction of sp³-hybridized carbons (Fsp3) is 0.571. The summed E-state index contributed by atoms with van der Waals surface area (Å²) in [6.07, 6.45) is 1.96. The van der Waals surface area contributed by atoms with E-state index < -0.39 is 0 Å². The lowest BCUT2D eigenvalue weighted by Gasteiger charge is -2.32. The van der Waals surface area contributed by atoms with Crippen LogP contribution in [0.1, 0.15) is 28.9 Å². The molecule has 2 rings (SSSR count). The summed E-state index contributed by atoms with van der Waals surface area (Å²) in [7, 11) is 1.79. The van der Waals surface area contributed by atoms with E-state index >= 15 is 0 Å². The Kier molecular flexibility index (Phi) is 4.37. The van der Waals surface area contributed by atoms with E-state index in [9.17, 15) is 9.90 Å². The van der Waals surface area contributed by atoms with Crippen LogP contribution in [0.5, 0.6) is 0 Å². The smallest absolute Gasteiger partial charge is 0.254 e. The number of aryl methyl sites for hydroxylation is 1. The third-order valence-electron chi connectivity index (χ3n) is 3.52. The minimum atomic E-state index is 0.0279. The van der Waals surface area contributed by atoms with E-state index in [1.807, 2.05) is 17.9 Å². The Morgan fingerprint density at radius 2 is 2.37 bits per heavy atom. The summed E-state index contributed by atoms with van der Waals surface area (Å²) in [5, 5.41) is 12.2. The molecule has 1 aliphatic heterocycles. The molecule has 0 aliphatic carbocycles. The number of anilines is 1. The molecule has 2 N–H and O–H groups in total. The highest BCUT2D eigenvalue weighted by Crippen LogP contribution is 2.19. The maximum Gasteiger partial charge on any atom is 0.254 e. The molecular formula is C14H21N3O2. The first-order valence-electron chi connectivity index (χ1n) is 6.70. The van der Waals surface area contributed by atoms with Crippen LogP contribution >= 0.6 is 0 Å². The first kappa shape index (κ1) is 13.8. The van der Waals surface area contributed by atoms with Crippen molar-refractivity contribution in [3.05, 3.63) is 23.4 Å². The van der Waals surface area contributed by atoms with Crippen molar-refractivity contribution in [1.29, 1.82) is 0 Å². The molecule has 104 valence electrons. The molecule has 1 atom stereocenters. The lowest BCUT2D eigenvalue weighted by Crippen LogP contribution is -2.41. The average molecular weight is 263 g/mol. The van der Waals surface area contributed by atoms with E-state index in [-0.39, 0.29) is 18.4 Å². The van der Waals surface area contributed by atoms with Gasteiger partial charge in [-0.3, -0.25) is 4.79 Å². The van der Waals surface area contributed by atoms with Crippen molar-refractivity contribution in [3.8, 4) is 0 Å². The second-order valence-electron chi connectivity index (χ2n) is 5.07. The molecule has 1 saturated heterocycles. The normalized spacial score (nSPS) is 19.3. The zero-order chi connectivity index (χ0) is 13.8. The van der Waals surface area contributed by atoms with Gasteiger partial charge in [0, 0.05) is 38.0 Å². The molecule has 19 heavy (non-hydrogen) atoms. The van der Waals surface area contributed by atoms with Crippen LogP contribution in [0.2, 0.25) is 0 Å². The van der Waals surface area contributed by atoms with Crippen molar-refractivity contribution >= 4 is 11.7 Å². The first-order valence-corrected chi connectivity index (χ1v) is 6.70. The zero-order valence-electron chi connectivity index (χ0n) is 11.5. The van der Waals surface area contributed by atoms with Crippen molar-refractivity contribution in [3.63, 3.8) is 0 Å². The molecular weight excluding hydrogens is 242 g/mol. The summed E-state index contributed by atoms with van der Waals surface area (Å²) in [5.41, 5.74) is 1.49. The van der Waals surface area contributed by atoms with Crippen molar-refractivity contribution in [2.45, 2.75) is 19.8 Å². The Balaban J connectivity index is 2.16. The molecule has 0 spiro atoms. The first-order chi connectivity index (χ1) is 9.13. The number of aromatic nitrogens is 1. The number of nitrogens with zero attached hydrogens (tertiary/aromatic N) is 2. The quantitative estimate of drug-likeness (QED) is 0.862. The van der Waals surface area contributed by atoms with Crippen LogP contribution in [0.3, 0.4) is 0 Å². The van der Waals surface area contributed by atoms with Gasteiger partial charge in [0.2, 0.25) is 0 Å². The van der Waals surface area contributed by atoms with Crippen molar-refractivity contribution in [2.24, 2.45) is 5.92 Å². The average Bonchev–Trinajstić information content (AvgIpc) is 2.45. The molecule has 0 radical (unpaired) electrons. The van der Waals surface area contributed by atoms with Gasteiger partial charge in [0.1, 0.15) is 5.82 Å². The number of aliphatic hydroxyl groups excluding tert-OH is 1. The molecule has 0 saturated carbocycles.